The molecule has 0 unspecified atom stereocenters. The molecule has 1 aromatic carbocycles. The summed E-state index contributed by atoms with van der Waals surface area (Å²) in [4.78, 5) is 4.10. The predicted molar refractivity (Wildman–Crippen MR) is 86.5 cm³/mol. The van der Waals surface area contributed by atoms with E-state index in [9.17, 15) is 8.42 Å². The van der Waals surface area contributed by atoms with Crippen LogP contribution in [0.15, 0.2) is 29.3 Å². The maximum absolute atomic E-state index is 10.9. The van der Waals surface area contributed by atoms with Gasteiger partial charge >= 0.3 is 0 Å². The first-order valence-electron chi connectivity index (χ1n) is 6.82. The molecular weight excluding hydrogens is 290 g/mol. The van der Waals surface area contributed by atoms with Crippen LogP contribution in [0.2, 0.25) is 0 Å². The lowest BCUT2D eigenvalue weighted by atomic mass is 10.1. The number of nitrogens with zero attached hydrogens (tertiary/aromatic N) is 1. The van der Waals surface area contributed by atoms with Crippen LogP contribution in [0.4, 0.5) is 5.69 Å². The first-order valence-corrected chi connectivity index (χ1v) is 8.88. The third-order valence-electron chi connectivity index (χ3n) is 2.75. The third-order valence-corrected chi connectivity index (χ3v) is 3.66. The van der Waals surface area contributed by atoms with E-state index < -0.39 is 9.84 Å². The fourth-order valence-electron chi connectivity index (χ4n) is 1.55. The summed E-state index contributed by atoms with van der Waals surface area (Å²) in [5.41, 5.74) is 7.89. The Balaban J connectivity index is 2.26. The van der Waals surface area contributed by atoms with Crippen molar-refractivity contribution in [2.45, 2.75) is 13.3 Å². The van der Waals surface area contributed by atoms with Crippen LogP contribution in [0.5, 0.6) is 0 Å². The van der Waals surface area contributed by atoms with Crippen molar-refractivity contribution in [2.75, 3.05) is 37.1 Å². The van der Waals surface area contributed by atoms with Gasteiger partial charge in [0.1, 0.15) is 9.84 Å². The van der Waals surface area contributed by atoms with Crippen LogP contribution in [0.25, 0.3) is 0 Å². The monoisotopic (exact) mass is 313 g/mol. The van der Waals surface area contributed by atoms with Gasteiger partial charge < -0.3 is 15.8 Å². The lowest BCUT2D eigenvalue weighted by Gasteiger charge is -2.06. The standard InChI is InChI=1S/C14H23N3O3S/c1-3-12-4-6-13(7-5-12)17-14(15)16-8-9-20-10-11-21(2,18)19/h4-7H,3,8-11H2,1-2H3,(H3,15,16,17). The van der Waals surface area contributed by atoms with Crippen LogP contribution in [0.3, 0.4) is 0 Å². The summed E-state index contributed by atoms with van der Waals surface area (Å²) in [6.45, 7) is 3.00. The van der Waals surface area contributed by atoms with Crippen molar-refractivity contribution in [1.82, 2.24) is 0 Å². The number of nitrogens with one attached hydrogen (secondary N) is 1. The average molecular weight is 313 g/mol. The van der Waals surface area contributed by atoms with Crippen LogP contribution in [0, 0.1) is 0 Å². The van der Waals surface area contributed by atoms with Crippen LogP contribution >= 0.6 is 0 Å². The molecular formula is C14H23N3O3S. The zero-order chi connectivity index (χ0) is 15.7. The Morgan fingerprint density at radius 2 is 1.95 bits per heavy atom. The number of benzene rings is 1. The van der Waals surface area contributed by atoms with Crippen molar-refractivity contribution in [3.63, 3.8) is 0 Å². The van der Waals surface area contributed by atoms with E-state index in [2.05, 4.69) is 17.2 Å². The lowest BCUT2D eigenvalue weighted by Crippen LogP contribution is -2.23. The van der Waals surface area contributed by atoms with Gasteiger partial charge in [0.25, 0.3) is 0 Å². The van der Waals surface area contributed by atoms with E-state index in [1.165, 1.54) is 11.8 Å². The second-order valence-electron chi connectivity index (χ2n) is 4.68. The maximum Gasteiger partial charge on any atom is 0.193 e. The summed E-state index contributed by atoms with van der Waals surface area (Å²) < 4.78 is 26.9. The minimum Gasteiger partial charge on any atom is -0.378 e. The molecule has 0 aromatic heterocycles. The van der Waals surface area contributed by atoms with E-state index in [-0.39, 0.29) is 12.4 Å². The SMILES string of the molecule is CCc1ccc(NC(N)=NCCOCCS(C)(=O)=O)cc1. The molecule has 118 valence electrons. The third kappa shape index (κ3) is 8.31. The fraction of sp³-hybridized carbons (Fsp3) is 0.500. The van der Waals surface area contributed by atoms with Crippen LogP contribution in [-0.4, -0.2) is 46.1 Å². The number of hydrogen-bond donors (Lipinski definition) is 2. The van der Waals surface area contributed by atoms with Gasteiger partial charge in [-0.25, -0.2) is 8.42 Å². The van der Waals surface area contributed by atoms with E-state index in [1.807, 2.05) is 24.3 Å². The smallest absolute Gasteiger partial charge is 0.193 e. The molecule has 7 heteroatoms. The molecule has 0 saturated heterocycles. The lowest BCUT2D eigenvalue weighted by molar-refractivity contribution is 0.157. The van der Waals surface area contributed by atoms with Gasteiger partial charge in [-0.3, -0.25) is 4.99 Å². The molecule has 0 spiro atoms. The molecule has 0 amide bonds. The van der Waals surface area contributed by atoms with Crippen molar-refractivity contribution in [3.8, 4) is 0 Å². The minimum absolute atomic E-state index is 0.0220. The molecule has 0 radical (unpaired) electrons. The number of guanidine groups is 1. The van der Waals surface area contributed by atoms with E-state index in [0.717, 1.165) is 12.1 Å². The number of hydrogen-bond acceptors (Lipinski definition) is 4. The highest BCUT2D eigenvalue weighted by molar-refractivity contribution is 7.90. The summed E-state index contributed by atoms with van der Waals surface area (Å²) in [6.07, 6.45) is 2.18. The number of aryl methyl sites for hydroxylation is 1. The van der Waals surface area contributed by atoms with Gasteiger partial charge in [0.05, 0.1) is 25.5 Å². The van der Waals surface area contributed by atoms with E-state index in [0.29, 0.717) is 19.1 Å². The quantitative estimate of drug-likeness (QED) is 0.425. The first-order chi connectivity index (χ1) is 9.90. The molecule has 1 rings (SSSR count). The summed E-state index contributed by atoms with van der Waals surface area (Å²) in [5, 5.41) is 2.98. The van der Waals surface area contributed by atoms with Crippen molar-refractivity contribution < 1.29 is 13.2 Å². The van der Waals surface area contributed by atoms with Crippen molar-refractivity contribution in [1.29, 1.82) is 0 Å². The first kappa shape index (κ1) is 17.5. The Kier molecular flexibility index (Phi) is 7.18. The van der Waals surface area contributed by atoms with Gasteiger partial charge in [0.15, 0.2) is 5.96 Å². The fourth-order valence-corrected chi connectivity index (χ4v) is 1.97. The number of sulfone groups is 1. The second-order valence-corrected chi connectivity index (χ2v) is 6.94. The van der Waals surface area contributed by atoms with Crippen molar-refractivity contribution in [3.05, 3.63) is 29.8 Å². The number of nitrogens with two attached hydrogens (primary N) is 1. The molecule has 3 N–H and O–H groups in total. The predicted octanol–water partition coefficient (Wildman–Crippen LogP) is 1.04. The molecule has 0 heterocycles. The van der Waals surface area contributed by atoms with Crippen LogP contribution in [-0.2, 0) is 21.0 Å². The summed E-state index contributed by atoms with van der Waals surface area (Å²) in [5.74, 6) is 0.333. The summed E-state index contributed by atoms with van der Waals surface area (Å²) >= 11 is 0. The summed E-state index contributed by atoms with van der Waals surface area (Å²) in [7, 11) is -2.97. The number of aliphatic imine (C=N–C) groups is 1. The van der Waals surface area contributed by atoms with E-state index in [1.54, 1.807) is 0 Å². The second kappa shape index (κ2) is 8.63. The van der Waals surface area contributed by atoms with Gasteiger partial charge in [-0.1, -0.05) is 19.1 Å². The number of rotatable bonds is 8. The van der Waals surface area contributed by atoms with Gasteiger partial charge in [0, 0.05) is 11.9 Å². The molecule has 0 aliphatic carbocycles. The van der Waals surface area contributed by atoms with Gasteiger partial charge in [-0.05, 0) is 24.1 Å². The molecule has 0 atom stereocenters. The molecule has 0 fully saturated rings. The Bertz CT molecular complexity index is 553. The van der Waals surface area contributed by atoms with E-state index in [4.69, 9.17) is 10.5 Å². The Hall–Kier alpha value is -1.60. The highest BCUT2D eigenvalue weighted by Gasteiger charge is 2.01. The van der Waals surface area contributed by atoms with Crippen molar-refractivity contribution >= 4 is 21.5 Å². The number of ether oxygens (including phenoxy) is 1. The molecule has 0 aliphatic heterocycles. The zero-order valence-electron chi connectivity index (χ0n) is 12.5. The molecule has 6 nitrogen and oxygen atoms in total. The molecule has 1 aromatic rings. The number of anilines is 1. The van der Waals surface area contributed by atoms with Gasteiger partial charge in [-0.15, -0.1) is 0 Å². The Morgan fingerprint density at radius 1 is 1.29 bits per heavy atom. The largest absolute Gasteiger partial charge is 0.378 e. The van der Waals surface area contributed by atoms with Gasteiger partial charge in [0.2, 0.25) is 0 Å². The maximum atomic E-state index is 10.9. The van der Waals surface area contributed by atoms with E-state index >= 15 is 0 Å². The molecule has 0 saturated carbocycles. The van der Waals surface area contributed by atoms with Gasteiger partial charge in [-0.2, -0.15) is 0 Å². The molecule has 0 aliphatic rings. The molecule has 0 bridgehead atoms. The van der Waals surface area contributed by atoms with Crippen LogP contribution in [0.1, 0.15) is 12.5 Å². The average Bonchev–Trinajstić information content (AvgIpc) is 2.42. The highest BCUT2D eigenvalue weighted by Crippen LogP contribution is 2.09. The Labute approximate surface area is 126 Å². The van der Waals surface area contributed by atoms with Crippen LogP contribution < -0.4 is 11.1 Å². The minimum atomic E-state index is -2.97. The zero-order valence-corrected chi connectivity index (χ0v) is 13.3. The summed E-state index contributed by atoms with van der Waals surface area (Å²) in [6, 6.07) is 7.96. The normalized spacial score (nSPS) is 12.4. The van der Waals surface area contributed by atoms with Crippen molar-refractivity contribution in [2.24, 2.45) is 10.7 Å². The Morgan fingerprint density at radius 3 is 2.52 bits per heavy atom. The topological polar surface area (TPSA) is 93.8 Å². The highest BCUT2D eigenvalue weighted by atomic mass is 32.2. The molecule has 21 heavy (non-hydrogen) atoms.